The fourth-order valence-electron chi connectivity index (χ4n) is 3.18. The normalized spacial score (nSPS) is 20.7. The highest BCUT2D eigenvalue weighted by atomic mass is 19.4. The van der Waals surface area contributed by atoms with Crippen LogP contribution in [0.25, 0.3) is 11.1 Å². The number of β-amino-alcohol motifs (C(OH)–C–C–N with tert-alkyl or cyclic N) is 1. The van der Waals surface area contributed by atoms with Crippen LogP contribution in [-0.2, 0) is 6.18 Å². The van der Waals surface area contributed by atoms with Crippen molar-refractivity contribution in [1.82, 2.24) is 10.6 Å². The number of nitrogens with one attached hydrogen (secondary N) is 2. The minimum Gasteiger partial charge on any atom is -0.392 e. The van der Waals surface area contributed by atoms with Crippen LogP contribution < -0.4 is 10.6 Å². The first-order valence-electron chi connectivity index (χ1n) is 8.81. The lowest BCUT2D eigenvalue weighted by Gasteiger charge is -2.18. The van der Waals surface area contributed by atoms with Gasteiger partial charge in [0.25, 0.3) is 5.91 Å². The molecular weight excluding hydrogens is 357 g/mol. The zero-order chi connectivity index (χ0) is 19.4. The zero-order valence-corrected chi connectivity index (χ0v) is 14.6. The van der Waals surface area contributed by atoms with Gasteiger partial charge in [0, 0.05) is 24.7 Å². The Hall–Kier alpha value is -2.38. The second kappa shape index (κ2) is 8.10. The van der Waals surface area contributed by atoms with Gasteiger partial charge in [0.1, 0.15) is 0 Å². The Labute approximate surface area is 155 Å². The van der Waals surface area contributed by atoms with E-state index in [0.29, 0.717) is 42.6 Å². The fourth-order valence-corrected chi connectivity index (χ4v) is 3.18. The number of amides is 1. The molecule has 4 nitrogen and oxygen atoms in total. The molecule has 1 heterocycles. The summed E-state index contributed by atoms with van der Waals surface area (Å²) in [6.07, 6.45) is -3.57. The van der Waals surface area contributed by atoms with Crippen molar-refractivity contribution in [1.29, 1.82) is 0 Å². The minimum atomic E-state index is -4.40. The summed E-state index contributed by atoms with van der Waals surface area (Å²) in [6.45, 7) is 1.06. The summed E-state index contributed by atoms with van der Waals surface area (Å²) in [7, 11) is 0. The Morgan fingerprint density at radius 1 is 1.04 bits per heavy atom. The van der Waals surface area contributed by atoms with Gasteiger partial charge in [-0.05, 0) is 42.2 Å². The van der Waals surface area contributed by atoms with E-state index >= 15 is 0 Å². The Kier molecular flexibility index (Phi) is 5.82. The van der Waals surface area contributed by atoms with Gasteiger partial charge in [-0.1, -0.05) is 30.3 Å². The number of halogens is 3. The predicted molar refractivity (Wildman–Crippen MR) is 96.2 cm³/mol. The van der Waals surface area contributed by atoms with Crippen LogP contribution in [0.3, 0.4) is 0 Å². The van der Waals surface area contributed by atoms with E-state index in [9.17, 15) is 23.1 Å². The molecule has 1 aliphatic rings. The number of aliphatic hydroxyl groups is 1. The molecule has 0 aliphatic carbocycles. The van der Waals surface area contributed by atoms with Gasteiger partial charge in [0.2, 0.25) is 0 Å². The monoisotopic (exact) mass is 378 g/mol. The van der Waals surface area contributed by atoms with Crippen LogP contribution in [0.2, 0.25) is 0 Å². The first kappa shape index (κ1) is 19.4. The van der Waals surface area contributed by atoms with E-state index in [2.05, 4.69) is 10.6 Å². The molecule has 0 unspecified atom stereocenters. The van der Waals surface area contributed by atoms with Gasteiger partial charge in [0.05, 0.1) is 11.7 Å². The van der Waals surface area contributed by atoms with E-state index in [1.807, 2.05) is 0 Å². The Balaban J connectivity index is 1.80. The number of hydrogen-bond donors (Lipinski definition) is 3. The molecule has 1 aliphatic heterocycles. The van der Waals surface area contributed by atoms with Gasteiger partial charge >= 0.3 is 6.18 Å². The third kappa shape index (κ3) is 4.87. The smallest absolute Gasteiger partial charge is 0.392 e. The number of rotatable bonds is 3. The van der Waals surface area contributed by atoms with Crippen molar-refractivity contribution in [2.24, 2.45) is 0 Å². The van der Waals surface area contributed by atoms with Crippen LogP contribution in [0.4, 0.5) is 13.2 Å². The molecule has 1 fully saturated rings. The quantitative estimate of drug-likeness (QED) is 0.769. The van der Waals surface area contributed by atoms with Gasteiger partial charge in [0.15, 0.2) is 0 Å². The van der Waals surface area contributed by atoms with E-state index in [-0.39, 0.29) is 11.9 Å². The summed E-state index contributed by atoms with van der Waals surface area (Å²) < 4.78 is 38.3. The van der Waals surface area contributed by atoms with Crippen LogP contribution >= 0.6 is 0 Å². The molecule has 0 spiro atoms. The molecule has 2 aromatic rings. The third-order valence-corrected chi connectivity index (χ3v) is 4.65. The lowest BCUT2D eigenvalue weighted by molar-refractivity contribution is -0.137. The molecule has 0 saturated carbocycles. The molecule has 0 radical (unpaired) electrons. The first-order chi connectivity index (χ1) is 12.8. The summed E-state index contributed by atoms with van der Waals surface area (Å²) in [4.78, 5) is 12.7. The molecular formula is C20H21F3N2O2. The highest BCUT2D eigenvalue weighted by Crippen LogP contribution is 2.31. The maximum atomic E-state index is 12.8. The minimum absolute atomic E-state index is 0.115. The lowest BCUT2D eigenvalue weighted by Crippen LogP contribution is -2.41. The van der Waals surface area contributed by atoms with Crippen LogP contribution in [0, 0.1) is 0 Å². The molecule has 0 aromatic heterocycles. The molecule has 144 valence electrons. The maximum absolute atomic E-state index is 12.8. The number of benzene rings is 2. The van der Waals surface area contributed by atoms with Gasteiger partial charge in [-0.15, -0.1) is 0 Å². The van der Waals surface area contributed by atoms with E-state index in [0.717, 1.165) is 12.1 Å². The van der Waals surface area contributed by atoms with E-state index in [1.54, 1.807) is 24.3 Å². The number of aliphatic hydroxyl groups excluding tert-OH is 1. The van der Waals surface area contributed by atoms with Crippen molar-refractivity contribution in [3.63, 3.8) is 0 Å². The molecule has 27 heavy (non-hydrogen) atoms. The summed E-state index contributed by atoms with van der Waals surface area (Å²) in [5, 5.41) is 15.7. The number of hydrogen-bond acceptors (Lipinski definition) is 3. The van der Waals surface area contributed by atoms with Gasteiger partial charge < -0.3 is 15.7 Å². The summed E-state index contributed by atoms with van der Waals surface area (Å²) in [5.41, 5.74) is 0.798. The SMILES string of the molecule is O=C(N[C@H]1CC[C@@H](O)CNC1)c1ccccc1-c1ccc(C(F)(F)F)cc1. The van der Waals surface area contributed by atoms with E-state index in [4.69, 9.17) is 0 Å². The Bertz CT molecular complexity index is 791. The van der Waals surface area contributed by atoms with Gasteiger partial charge in [-0.25, -0.2) is 0 Å². The number of carbonyl (C=O) groups is 1. The fraction of sp³-hybridized carbons (Fsp3) is 0.350. The Morgan fingerprint density at radius 2 is 1.74 bits per heavy atom. The molecule has 7 heteroatoms. The third-order valence-electron chi connectivity index (χ3n) is 4.65. The lowest BCUT2D eigenvalue weighted by atomic mass is 9.97. The van der Waals surface area contributed by atoms with Crippen molar-refractivity contribution in [2.75, 3.05) is 13.1 Å². The van der Waals surface area contributed by atoms with E-state index in [1.165, 1.54) is 12.1 Å². The molecule has 2 aromatic carbocycles. The van der Waals surface area contributed by atoms with Crippen LogP contribution in [0.1, 0.15) is 28.8 Å². The first-order valence-corrected chi connectivity index (χ1v) is 8.81. The standard InChI is InChI=1S/C20H21F3N2O2/c21-20(22,23)14-7-5-13(6-8-14)17-3-1-2-4-18(17)19(27)25-15-9-10-16(26)12-24-11-15/h1-8,15-16,24,26H,9-12H2,(H,25,27)/t15-,16+/m0/s1. The topological polar surface area (TPSA) is 61.4 Å². The molecule has 1 saturated heterocycles. The highest BCUT2D eigenvalue weighted by Gasteiger charge is 2.30. The summed E-state index contributed by atoms with van der Waals surface area (Å²) >= 11 is 0. The van der Waals surface area contributed by atoms with Crippen molar-refractivity contribution in [3.8, 4) is 11.1 Å². The predicted octanol–water partition coefficient (Wildman–Crippen LogP) is 3.22. The second-order valence-corrected chi connectivity index (χ2v) is 6.68. The molecule has 3 rings (SSSR count). The van der Waals surface area contributed by atoms with Gasteiger partial charge in [-0.3, -0.25) is 4.79 Å². The van der Waals surface area contributed by atoms with Crippen molar-refractivity contribution in [3.05, 3.63) is 59.7 Å². The highest BCUT2D eigenvalue weighted by molar-refractivity contribution is 6.01. The summed E-state index contributed by atoms with van der Waals surface area (Å²) in [5.74, 6) is -0.284. The van der Waals surface area contributed by atoms with E-state index < -0.39 is 17.8 Å². The number of carbonyl (C=O) groups excluding carboxylic acids is 1. The van der Waals surface area contributed by atoms with Gasteiger partial charge in [-0.2, -0.15) is 13.2 Å². The molecule has 3 N–H and O–H groups in total. The van der Waals surface area contributed by atoms with Crippen LogP contribution in [0.15, 0.2) is 48.5 Å². The molecule has 1 amide bonds. The average molecular weight is 378 g/mol. The largest absolute Gasteiger partial charge is 0.416 e. The maximum Gasteiger partial charge on any atom is 0.416 e. The van der Waals surface area contributed by atoms with Crippen LogP contribution in [0.5, 0.6) is 0 Å². The summed E-state index contributed by atoms with van der Waals surface area (Å²) in [6, 6.07) is 11.5. The number of alkyl halides is 3. The average Bonchev–Trinajstić information content (AvgIpc) is 2.85. The van der Waals surface area contributed by atoms with Crippen molar-refractivity contribution >= 4 is 5.91 Å². The van der Waals surface area contributed by atoms with Crippen LogP contribution in [-0.4, -0.2) is 36.2 Å². The second-order valence-electron chi connectivity index (χ2n) is 6.68. The molecule has 0 bridgehead atoms. The molecule has 2 atom stereocenters. The Morgan fingerprint density at radius 3 is 2.44 bits per heavy atom. The van der Waals surface area contributed by atoms with Crippen molar-refractivity contribution < 1.29 is 23.1 Å². The van der Waals surface area contributed by atoms with Crippen molar-refractivity contribution in [2.45, 2.75) is 31.2 Å². The zero-order valence-electron chi connectivity index (χ0n) is 14.6.